The Labute approximate surface area is 152 Å². The standard InChI is InChI=1S/C20H17FO4S/c1-12-4-9-18(16(21)10-12)25-20-17(22)11-13(2)24-19(20)14-5-7-15(8-6-14)26(3)23/h4-11H,1-3H3. The van der Waals surface area contributed by atoms with Gasteiger partial charge in [-0.2, -0.15) is 0 Å². The van der Waals surface area contributed by atoms with Gasteiger partial charge in [-0.15, -0.1) is 0 Å². The quantitative estimate of drug-likeness (QED) is 0.672. The van der Waals surface area contributed by atoms with Crippen LogP contribution >= 0.6 is 0 Å². The normalized spacial score (nSPS) is 12.0. The van der Waals surface area contributed by atoms with Crippen LogP contribution in [-0.2, 0) is 10.8 Å². The Hall–Kier alpha value is -2.73. The van der Waals surface area contributed by atoms with Crippen LogP contribution in [0, 0.1) is 19.7 Å². The van der Waals surface area contributed by atoms with E-state index in [1.807, 2.05) is 0 Å². The van der Waals surface area contributed by atoms with Gasteiger partial charge >= 0.3 is 0 Å². The predicted molar refractivity (Wildman–Crippen MR) is 98.7 cm³/mol. The molecule has 1 heterocycles. The van der Waals surface area contributed by atoms with Crippen LogP contribution in [0.1, 0.15) is 11.3 Å². The van der Waals surface area contributed by atoms with Gasteiger partial charge in [0.2, 0.25) is 11.2 Å². The molecule has 26 heavy (non-hydrogen) atoms. The molecule has 134 valence electrons. The Morgan fingerprint density at radius 1 is 1.04 bits per heavy atom. The maximum atomic E-state index is 14.1. The monoisotopic (exact) mass is 372 g/mol. The minimum atomic E-state index is -1.12. The first-order valence-electron chi connectivity index (χ1n) is 7.88. The van der Waals surface area contributed by atoms with Crippen molar-refractivity contribution in [2.45, 2.75) is 18.7 Å². The van der Waals surface area contributed by atoms with Gasteiger partial charge in [0.1, 0.15) is 5.76 Å². The number of hydrogen-bond donors (Lipinski definition) is 0. The summed E-state index contributed by atoms with van der Waals surface area (Å²) in [5, 5.41) is 0. The maximum Gasteiger partial charge on any atom is 0.228 e. The largest absolute Gasteiger partial charge is 0.457 e. The molecule has 0 aliphatic carbocycles. The number of halogens is 1. The summed E-state index contributed by atoms with van der Waals surface area (Å²) < 4.78 is 36.9. The topological polar surface area (TPSA) is 56.5 Å². The van der Waals surface area contributed by atoms with E-state index in [1.165, 1.54) is 18.2 Å². The summed E-state index contributed by atoms with van der Waals surface area (Å²) in [5.74, 6) is -0.107. The highest BCUT2D eigenvalue weighted by molar-refractivity contribution is 7.84. The Kier molecular flexibility index (Phi) is 5.04. The smallest absolute Gasteiger partial charge is 0.228 e. The van der Waals surface area contributed by atoms with Crippen molar-refractivity contribution in [2.75, 3.05) is 6.26 Å². The van der Waals surface area contributed by atoms with Crippen LogP contribution in [0.15, 0.2) is 62.6 Å². The van der Waals surface area contributed by atoms with Crippen molar-refractivity contribution in [3.63, 3.8) is 0 Å². The van der Waals surface area contributed by atoms with Gasteiger partial charge in [-0.25, -0.2) is 4.39 Å². The second-order valence-electron chi connectivity index (χ2n) is 5.89. The van der Waals surface area contributed by atoms with Crippen LogP contribution in [0.25, 0.3) is 11.3 Å². The third kappa shape index (κ3) is 3.75. The fourth-order valence-corrected chi connectivity index (χ4v) is 3.00. The fraction of sp³-hybridized carbons (Fsp3) is 0.150. The lowest BCUT2D eigenvalue weighted by molar-refractivity contribution is 0.414. The van der Waals surface area contributed by atoms with E-state index >= 15 is 0 Å². The molecule has 1 atom stereocenters. The van der Waals surface area contributed by atoms with Crippen LogP contribution in [0.4, 0.5) is 4.39 Å². The van der Waals surface area contributed by atoms with Gasteiger partial charge in [-0.1, -0.05) is 6.07 Å². The third-order valence-corrected chi connectivity index (χ3v) is 4.71. The van der Waals surface area contributed by atoms with E-state index in [9.17, 15) is 13.4 Å². The minimum absolute atomic E-state index is 0.0562. The van der Waals surface area contributed by atoms with Crippen molar-refractivity contribution in [2.24, 2.45) is 0 Å². The van der Waals surface area contributed by atoms with Gasteiger partial charge in [0.05, 0.1) is 0 Å². The average molecular weight is 372 g/mol. The van der Waals surface area contributed by atoms with Gasteiger partial charge in [0.15, 0.2) is 17.3 Å². The molecule has 0 aliphatic rings. The Morgan fingerprint density at radius 2 is 1.73 bits per heavy atom. The second-order valence-corrected chi connectivity index (χ2v) is 7.27. The lowest BCUT2D eigenvalue weighted by Gasteiger charge is -2.11. The van der Waals surface area contributed by atoms with Crippen molar-refractivity contribution in [3.8, 4) is 22.8 Å². The molecule has 0 radical (unpaired) electrons. The number of benzene rings is 2. The highest BCUT2D eigenvalue weighted by atomic mass is 32.2. The molecule has 0 saturated carbocycles. The summed E-state index contributed by atoms with van der Waals surface area (Å²) in [6.07, 6.45) is 1.58. The zero-order valence-corrected chi connectivity index (χ0v) is 15.4. The van der Waals surface area contributed by atoms with E-state index < -0.39 is 22.0 Å². The van der Waals surface area contributed by atoms with E-state index in [2.05, 4.69) is 0 Å². The highest BCUT2D eigenvalue weighted by Gasteiger charge is 2.17. The van der Waals surface area contributed by atoms with Crippen molar-refractivity contribution in [3.05, 3.63) is 75.9 Å². The SMILES string of the molecule is Cc1ccc(Oc2c(-c3ccc(S(C)=O)cc3)oc(C)cc2=O)c(F)c1. The summed E-state index contributed by atoms with van der Waals surface area (Å²) in [7, 11) is -1.12. The molecule has 0 saturated heterocycles. The van der Waals surface area contributed by atoms with Crippen molar-refractivity contribution >= 4 is 10.8 Å². The first-order chi connectivity index (χ1) is 12.3. The van der Waals surface area contributed by atoms with Gasteiger partial charge < -0.3 is 9.15 Å². The van der Waals surface area contributed by atoms with E-state index in [0.29, 0.717) is 16.2 Å². The summed E-state index contributed by atoms with van der Waals surface area (Å²) in [4.78, 5) is 13.1. The number of rotatable bonds is 4. The second kappa shape index (κ2) is 7.25. The molecule has 0 amide bonds. The molecule has 0 fully saturated rings. The molecule has 0 spiro atoms. The van der Waals surface area contributed by atoms with Crippen LogP contribution in [-0.4, -0.2) is 10.5 Å². The first kappa shape index (κ1) is 18.1. The molecule has 3 aromatic rings. The molecule has 1 aromatic heterocycles. The third-order valence-electron chi connectivity index (χ3n) is 3.78. The molecule has 6 heteroatoms. The lowest BCUT2D eigenvalue weighted by atomic mass is 10.1. The molecular weight excluding hydrogens is 355 g/mol. The number of hydrogen-bond acceptors (Lipinski definition) is 4. The molecular formula is C20H17FO4S. The zero-order valence-electron chi connectivity index (χ0n) is 14.5. The average Bonchev–Trinajstić information content (AvgIpc) is 2.59. The molecule has 0 aliphatic heterocycles. The molecule has 0 bridgehead atoms. The van der Waals surface area contributed by atoms with E-state index in [0.717, 1.165) is 5.56 Å². The molecule has 3 rings (SSSR count). The van der Waals surface area contributed by atoms with Crippen LogP contribution in [0.5, 0.6) is 11.5 Å². The highest BCUT2D eigenvalue weighted by Crippen LogP contribution is 2.33. The molecule has 4 nitrogen and oxygen atoms in total. The summed E-state index contributed by atoms with van der Waals surface area (Å²) >= 11 is 0. The lowest BCUT2D eigenvalue weighted by Crippen LogP contribution is -2.07. The van der Waals surface area contributed by atoms with Crippen molar-refractivity contribution < 1.29 is 17.8 Å². The van der Waals surface area contributed by atoms with Crippen molar-refractivity contribution in [1.82, 2.24) is 0 Å². The predicted octanol–water partition coefficient (Wildman–Crippen LogP) is 4.59. The Balaban J connectivity index is 2.10. The summed E-state index contributed by atoms with van der Waals surface area (Å²) in [6.45, 7) is 3.41. The molecule has 2 aromatic carbocycles. The minimum Gasteiger partial charge on any atom is -0.457 e. The van der Waals surface area contributed by atoms with Gasteiger partial charge in [-0.05, 0) is 55.8 Å². The van der Waals surface area contributed by atoms with E-state index in [1.54, 1.807) is 50.4 Å². The van der Waals surface area contributed by atoms with Crippen LogP contribution < -0.4 is 10.2 Å². The van der Waals surface area contributed by atoms with Crippen molar-refractivity contribution in [1.29, 1.82) is 0 Å². The summed E-state index contributed by atoms with van der Waals surface area (Å²) in [6, 6.07) is 12.5. The van der Waals surface area contributed by atoms with Crippen LogP contribution in [0.2, 0.25) is 0 Å². The Bertz CT molecular complexity index is 1040. The van der Waals surface area contributed by atoms with Gasteiger partial charge in [-0.3, -0.25) is 9.00 Å². The zero-order chi connectivity index (χ0) is 18.8. The van der Waals surface area contributed by atoms with E-state index in [-0.39, 0.29) is 17.3 Å². The number of ether oxygens (including phenoxy) is 1. The first-order valence-corrected chi connectivity index (χ1v) is 9.43. The van der Waals surface area contributed by atoms with Gasteiger partial charge in [0, 0.05) is 33.6 Å². The van der Waals surface area contributed by atoms with Crippen LogP contribution in [0.3, 0.4) is 0 Å². The van der Waals surface area contributed by atoms with Gasteiger partial charge in [0.25, 0.3) is 0 Å². The van der Waals surface area contributed by atoms with E-state index in [4.69, 9.17) is 9.15 Å². The fourth-order valence-electron chi connectivity index (χ4n) is 2.48. The molecule has 0 N–H and O–H groups in total. The summed E-state index contributed by atoms with van der Waals surface area (Å²) in [5.41, 5.74) is 0.906. The Morgan fingerprint density at radius 3 is 2.35 bits per heavy atom. The maximum absolute atomic E-state index is 14.1. The number of aryl methyl sites for hydroxylation is 2. The molecule has 1 unspecified atom stereocenters.